The topological polar surface area (TPSA) is 61.4 Å². The highest BCUT2D eigenvalue weighted by Gasteiger charge is 2.29. The van der Waals surface area contributed by atoms with Crippen LogP contribution in [0.25, 0.3) is 0 Å². The molecule has 0 fully saturated rings. The molecule has 1 heterocycles. The number of nitrogens with zero attached hydrogens (tertiary/aromatic N) is 1. The molecule has 1 atom stereocenters. The van der Waals surface area contributed by atoms with Gasteiger partial charge in [-0.15, -0.1) is 0 Å². The summed E-state index contributed by atoms with van der Waals surface area (Å²) < 4.78 is 0. The summed E-state index contributed by atoms with van der Waals surface area (Å²) in [5.74, 6) is -0.172. The van der Waals surface area contributed by atoms with Gasteiger partial charge in [-0.1, -0.05) is 29.8 Å². The third-order valence-electron chi connectivity index (χ3n) is 4.15. The lowest BCUT2D eigenvalue weighted by molar-refractivity contribution is -0.120. The number of carbonyl (C=O) groups is 2. The number of hydrogen-bond donors (Lipinski definition) is 2. The smallest absolute Gasteiger partial charge is 0.322 e. The Morgan fingerprint density at radius 1 is 1.21 bits per heavy atom. The van der Waals surface area contributed by atoms with E-state index in [1.165, 1.54) is 4.90 Å². The molecule has 2 aromatic carbocycles. The van der Waals surface area contributed by atoms with Gasteiger partial charge in [-0.25, -0.2) is 4.79 Å². The molecule has 2 N–H and O–H groups in total. The van der Waals surface area contributed by atoms with Gasteiger partial charge in [-0.05, 0) is 48.7 Å². The molecule has 1 aliphatic heterocycles. The first-order chi connectivity index (χ1) is 11.5. The first-order valence-corrected chi connectivity index (χ1v) is 8.10. The zero-order chi connectivity index (χ0) is 17.1. The van der Waals surface area contributed by atoms with Gasteiger partial charge in [0, 0.05) is 23.4 Å². The summed E-state index contributed by atoms with van der Waals surface area (Å²) in [5, 5.41) is 6.28. The summed E-state index contributed by atoms with van der Waals surface area (Å²) in [7, 11) is 1.63. The van der Waals surface area contributed by atoms with Crippen molar-refractivity contribution in [2.45, 2.75) is 18.9 Å². The SMILES string of the molecule is CN(C(=O)Nc1ccc(Cl)cc1)C1CCc2ccccc2NC1=O. The Bertz CT molecular complexity index is 761. The van der Waals surface area contributed by atoms with E-state index in [0.717, 1.165) is 17.7 Å². The number of hydrogen-bond acceptors (Lipinski definition) is 2. The highest BCUT2D eigenvalue weighted by molar-refractivity contribution is 6.30. The van der Waals surface area contributed by atoms with Gasteiger partial charge in [0.1, 0.15) is 6.04 Å². The van der Waals surface area contributed by atoms with Crippen LogP contribution in [-0.4, -0.2) is 29.9 Å². The van der Waals surface area contributed by atoms with Gasteiger partial charge in [0.25, 0.3) is 0 Å². The maximum atomic E-state index is 12.5. The van der Waals surface area contributed by atoms with Crippen LogP contribution >= 0.6 is 11.6 Å². The number of amides is 3. The Balaban J connectivity index is 1.70. The molecule has 3 amide bonds. The van der Waals surface area contributed by atoms with Crippen LogP contribution in [-0.2, 0) is 11.2 Å². The van der Waals surface area contributed by atoms with Crippen molar-refractivity contribution >= 4 is 34.9 Å². The molecule has 3 rings (SSSR count). The van der Waals surface area contributed by atoms with Crippen molar-refractivity contribution < 1.29 is 9.59 Å². The summed E-state index contributed by atoms with van der Waals surface area (Å²) in [4.78, 5) is 26.3. The van der Waals surface area contributed by atoms with Crippen LogP contribution in [0.5, 0.6) is 0 Å². The molecule has 0 spiro atoms. The number of anilines is 2. The van der Waals surface area contributed by atoms with E-state index < -0.39 is 6.04 Å². The van der Waals surface area contributed by atoms with E-state index in [0.29, 0.717) is 17.1 Å². The van der Waals surface area contributed by atoms with Crippen molar-refractivity contribution in [1.29, 1.82) is 0 Å². The number of aryl methyl sites for hydroxylation is 1. The fourth-order valence-corrected chi connectivity index (χ4v) is 2.88. The second kappa shape index (κ2) is 6.93. The predicted octanol–water partition coefficient (Wildman–Crippen LogP) is 3.76. The average molecular weight is 344 g/mol. The number of benzene rings is 2. The fourth-order valence-electron chi connectivity index (χ4n) is 2.76. The van der Waals surface area contributed by atoms with E-state index >= 15 is 0 Å². The minimum absolute atomic E-state index is 0.172. The van der Waals surface area contributed by atoms with Crippen LogP contribution in [0, 0.1) is 0 Å². The Kier molecular flexibility index (Phi) is 4.71. The molecular weight excluding hydrogens is 326 g/mol. The van der Waals surface area contributed by atoms with Gasteiger partial charge in [0.05, 0.1) is 0 Å². The largest absolute Gasteiger partial charge is 0.324 e. The van der Waals surface area contributed by atoms with Crippen molar-refractivity contribution in [3.8, 4) is 0 Å². The zero-order valence-corrected chi connectivity index (χ0v) is 14.0. The third-order valence-corrected chi connectivity index (χ3v) is 4.40. The number of para-hydroxylation sites is 1. The molecule has 0 radical (unpaired) electrons. The maximum absolute atomic E-state index is 12.5. The number of nitrogens with one attached hydrogen (secondary N) is 2. The molecule has 0 saturated carbocycles. The molecule has 6 heteroatoms. The van der Waals surface area contributed by atoms with Crippen molar-refractivity contribution in [3.05, 3.63) is 59.1 Å². The van der Waals surface area contributed by atoms with Gasteiger partial charge >= 0.3 is 6.03 Å². The van der Waals surface area contributed by atoms with Crippen LogP contribution in [0.1, 0.15) is 12.0 Å². The molecule has 124 valence electrons. The van der Waals surface area contributed by atoms with Gasteiger partial charge in [0.2, 0.25) is 5.91 Å². The van der Waals surface area contributed by atoms with Crippen LogP contribution in [0.3, 0.4) is 0 Å². The standard InChI is InChI=1S/C18H18ClN3O2/c1-22(18(24)20-14-9-7-13(19)8-10-14)16-11-6-12-4-2-3-5-15(12)21-17(16)23/h2-5,7-10,16H,6,11H2,1H3,(H,20,24)(H,21,23). The van der Waals surface area contributed by atoms with Crippen LogP contribution in [0.2, 0.25) is 5.02 Å². The summed E-state index contributed by atoms with van der Waals surface area (Å²) in [6.45, 7) is 0. The quantitative estimate of drug-likeness (QED) is 0.872. The van der Waals surface area contributed by atoms with Crippen LogP contribution in [0.15, 0.2) is 48.5 Å². The number of likely N-dealkylation sites (N-methyl/N-ethyl adjacent to an activating group) is 1. The van der Waals surface area contributed by atoms with Gasteiger partial charge in [0.15, 0.2) is 0 Å². The van der Waals surface area contributed by atoms with E-state index in [-0.39, 0.29) is 11.9 Å². The van der Waals surface area contributed by atoms with Crippen LogP contribution in [0.4, 0.5) is 16.2 Å². The van der Waals surface area contributed by atoms with Gasteiger partial charge in [-0.3, -0.25) is 4.79 Å². The number of rotatable bonds is 2. The number of urea groups is 1. The van der Waals surface area contributed by atoms with E-state index in [4.69, 9.17) is 11.6 Å². The summed E-state index contributed by atoms with van der Waals surface area (Å²) in [6.07, 6.45) is 1.31. The van der Waals surface area contributed by atoms with Gasteiger partial charge in [-0.2, -0.15) is 0 Å². The molecule has 0 aromatic heterocycles. The molecule has 24 heavy (non-hydrogen) atoms. The fraction of sp³-hybridized carbons (Fsp3) is 0.222. The lowest BCUT2D eigenvalue weighted by atomic mass is 10.1. The molecule has 0 aliphatic carbocycles. The lowest BCUT2D eigenvalue weighted by Gasteiger charge is -2.26. The first kappa shape index (κ1) is 16.3. The summed E-state index contributed by atoms with van der Waals surface area (Å²) in [6, 6.07) is 13.7. The van der Waals surface area contributed by atoms with Crippen molar-refractivity contribution in [1.82, 2.24) is 4.90 Å². The second-order valence-corrected chi connectivity index (χ2v) is 6.19. The average Bonchev–Trinajstić information content (AvgIpc) is 2.74. The van der Waals surface area contributed by atoms with Crippen molar-refractivity contribution in [3.63, 3.8) is 0 Å². The summed E-state index contributed by atoms with van der Waals surface area (Å²) >= 11 is 5.84. The van der Waals surface area contributed by atoms with E-state index in [9.17, 15) is 9.59 Å². The Morgan fingerprint density at radius 2 is 1.92 bits per heavy atom. The molecular formula is C18H18ClN3O2. The number of halogens is 1. The second-order valence-electron chi connectivity index (χ2n) is 5.75. The number of carbonyl (C=O) groups excluding carboxylic acids is 2. The van der Waals surface area contributed by atoms with Crippen LogP contribution < -0.4 is 10.6 Å². The minimum Gasteiger partial charge on any atom is -0.324 e. The normalized spacial score (nSPS) is 16.6. The van der Waals surface area contributed by atoms with Crippen molar-refractivity contribution in [2.75, 3.05) is 17.7 Å². The Labute approximate surface area is 145 Å². The van der Waals surface area contributed by atoms with E-state index in [2.05, 4.69) is 10.6 Å². The van der Waals surface area contributed by atoms with E-state index in [1.807, 2.05) is 24.3 Å². The Morgan fingerprint density at radius 3 is 2.67 bits per heavy atom. The Hall–Kier alpha value is -2.53. The lowest BCUT2D eigenvalue weighted by Crippen LogP contribution is -2.46. The van der Waals surface area contributed by atoms with Gasteiger partial charge < -0.3 is 15.5 Å². The first-order valence-electron chi connectivity index (χ1n) is 7.73. The zero-order valence-electron chi connectivity index (χ0n) is 13.3. The molecule has 0 bridgehead atoms. The molecule has 1 unspecified atom stereocenters. The monoisotopic (exact) mass is 343 g/mol. The molecule has 5 nitrogen and oxygen atoms in total. The molecule has 1 aliphatic rings. The minimum atomic E-state index is -0.523. The third kappa shape index (κ3) is 3.51. The summed E-state index contributed by atoms with van der Waals surface area (Å²) in [5.41, 5.74) is 2.53. The highest BCUT2D eigenvalue weighted by Crippen LogP contribution is 2.23. The van der Waals surface area contributed by atoms with Crippen molar-refractivity contribution in [2.24, 2.45) is 0 Å². The predicted molar refractivity (Wildman–Crippen MR) is 95.4 cm³/mol. The molecule has 2 aromatic rings. The van der Waals surface area contributed by atoms with E-state index in [1.54, 1.807) is 31.3 Å². The molecule has 0 saturated heterocycles. The highest BCUT2D eigenvalue weighted by atomic mass is 35.5. The maximum Gasteiger partial charge on any atom is 0.322 e. The number of fused-ring (bicyclic) bond motifs is 1.